The van der Waals surface area contributed by atoms with E-state index in [0.29, 0.717) is 29.8 Å². The van der Waals surface area contributed by atoms with Gasteiger partial charge in [-0.2, -0.15) is 5.10 Å². The predicted molar refractivity (Wildman–Crippen MR) is 108 cm³/mol. The van der Waals surface area contributed by atoms with Gasteiger partial charge in [0.1, 0.15) is 5.82 Å². The van der Waals surface area contributed by atoms with Gasteiger partial charge in [0.15, 0.2) is 5.78 Å². The summed E-state index contributed by atoms with van der Waals surface area (Å²) in [5, 5.41) is 4.39. The summed E-state index contributed by atoms with van der Waals surface area (Å²) in [6, 6.07) is 2.61. The van der Waals surface area contributed by atoms with Crippen LogP contribution < -0.4 is 11.5 Å². The smallest absolute Gasteiger partial charge is 0.253 e. The Morgan fingerprint density at radius 2 is 1.86 bits per heavy atom. The number of nitrogens with two attached hydrogens (primary N) is 2. The maximum absolute atomic E-state index is 14.2. The van der Waals surface area contributed by atoms with Crippen LogP contribution in [0.4, 0.5) is 10.1 Å². The molecular weight excluding hydrogens is 359 g/mol. The molecule has 0 unspecified atom stereocenters. The lowest BCUT2D eigenvalue weighted by molar-refractivity contribution is 0.0909. The lowest BCUT2D eigenvalue weighted by Gasteiger charge is -2.29. The second kappa shape index (κ2) is 8.12. The number of amides is 1. The molecule has 1 amide bonds. The molecule has 4 N–H and O–H groups in total. The zero-order valence-electron chi connectivity index (χ0n) is 17.2. The normalized spacial score (nSPS) is 14.9. The molecule has 1 heterocycles. The lowest BCUT2D eigenvalue weighted by Crippen LogP contribution is -2.28. The molecular formula is C21H29FN4O2. The van der Waals surface area contributed by atoms with E-state index in [1.807, 2.05) is 13.8 Å². The molecule has 3 rings (SSSR count). The Labute approximate surface area is 165 Å². The predicted octanol–water partition coefficient (Wildman–Crippen LogP) is 3.96. The molecule has 7 heteroatoms. The van der Waals surface area contributed by atoms with E-state index in [0.717, 1.165) is 11.8 Å². The molecule has 1 aliphatic rings. The minimum Gasteiger partial charge on any atom is -0.398 e. The third kappa shape index (κ3) is 4.24. The summed E-state index contributed by atoms with van der Waals surface area (Å²) in [6.07, 6.45) is 3.72. The zero-order chi connectivity index (χ0) is 21.2. The summed E-state index contributed by atoms with van der Waals surface area (Å²) in [6.45, 7) is 10.1. The average Bonchev–Trinajstić information content (AvgIpc) is 2.89. The Kier molecular flexibility index (Phi) is 6.27. The van der Waals surface area contributed by atoms with Crippen LogP contribution in [0.3, 0.4) is 0 Å². The van der Waals surface area contributed by atoms with Crippen LogP contribution in [0.2, 0.25) is 0 Å². The molecule has 0 fully saturated rings. The number of anilines is 1. The highest BCUT2D eigenvalue weighted by atomic mass is 19.1. The van der Waals surface area contributed by atoms with E-state index in [2.05, 4.69) is 18.9 Å². The van der Waals surface area contributed by atoms with Crippen LogP contribution in [0.1, 0.15) is 79.1 Å². The number of nitrogens with zero attached hydrogens (tertiary/aromatic N) is 2. The van der Waals surface area contributed by atoms with Crippen LogP contribution in [-0.2, 0) is 6.42 Å². The number of rotatable bonds is 3. The highest BCUT2D eigenvalue weighted by molar-refractivity contribution is 6.00. The number of halogens is 1. The van der Waals surface area contributed by atoms with E-state index in [-0.39, 0.29) is 22.4 Å². The fraction of sp³-hybridized carbons (Fsp3) is 0.476. The van der Waals surface area contributed by atoms with Crippen molar-refractivity contribution in [2.75, 3.05) is 5.73 Å². The Hall–Kier alpha value is -2.70. The van der Waals surface area contributed by atoms with Crippen molar-refractivity contribution in [1.29, 1.82) is 0 Å². The fourth-order valence-electron chi connectivity index (χ4n) is 3.35. The standard InChI is InChI=1S/C17H19FN4O2.C4H10/c1-8-14-12(6-17(2,3)7-13(14)23)22(21-8)9-4-10(18)15(16(20)24)11(19)5-9;1-3-4-2/h4-5H,6-7,19H2,1-3H3,(H2,20,24);3-4H2,1-2H3. The first-order chi connectivity index (χ1) is 13.0. The van der Waals surface area contributed by atoms with Gasteiger partial charge in [0.25, 0.3) is 5.91 Å². The number of carbonyl (C=O) groups excluding carboxylic acids is 2. The van der Waals surface area contributed by atoms with E-state index in [4.69, 9.17) is 11.5 Å². The van der Waals surface area contributed by atoms with Crippen molar-refractivity contribution < 1.29 is 14.0 Å². The topological polar surface area (TPSA) is 104 Å². The van der Waals surface area contributed by atoms with E-state index < -0.39 is 11.7 Å². The lowest BCUT2D eigenvalue weighted by atomic mass is 9.75. The first-order valence-electron chi connectivity index (χ1n) is 9.53. The number of carbonyl (C=O) groups is 2. The Balaban J connectivity index is 0.000000640. The van der Waals surface area contributed by atoms with Crippen LogP contribution in [0.25, 0.3) is 5.69 Å². The molecule has 6 nitrogen and oxygen atoms in total. The van der Waals surface area contributed by atoms with Gasteiger partial charge in [-0.1, -0.05) is 40.5 Å². The number of benzene rings is 1. The summed E-state index contributed by atoms with van der Waals surface area (Å²) < 4.78 is 15.8. The molecule has 0 bridgehead atoms. The van der Waals surface area contributed by atoms with Crippen LogP contribution in [0.15, 0.2) is 12.1 Å². The summed E-state index contributed by atoms with van der Waals surface area (Å²) in [4.78, 5) is 23.7. The number of aryl methyl sites for hydroxylation is 1. The highest BCUT2D eigenvalue weighted by Gasteiger charge is 2.35. The van der Waals surface area contributed by atoms with Crippen LogP contribution in [-0.4, -0.2) is 21.5 Å². The number of aromatic nitrogens is 2. The summed E-state index contributed by atoms with van der Waals surface area (Å²) in [5.41, 5.74) is 12.6. The molecule has 152 valence electrons. The number of unbranched alkanes of at least 4 members (excludes halogenated alkanes) is 1. The van der Waals surface area contributed by atoms with Gasteiger partial charge in [-0.3, -0.25) is 9.59 Å². The molecule has 1 aliphatic carbocycles. The molecule has 0 spiro atoms. The van der Waals surface area contributed by atoms with Gasteiger partial charge in [-0.05, 0) is 24.8 Å². The molecule has 1 aromatic carbocycles. The van der Waals surface area contributed by atoms with E-state index >= 15 is 0 Å². The highest BCUT2D eigenvalue weighted by Crippen LogP contribution is 2.37. The van der Waals surface area contributed by atoms with Crippen LogP contribution in [0, 0.1) is 18.2 Å². The number of nitrogen functional groups attached to an aromatic ring is 1. The van der Waals surface area contributed by atoms with Crippen molar-refractivity contribution in [3.05, 3.63) is 40.5 Å². The number of hydrogen-bond acceptors (Lipinski definition) is 4. The van der Waals surface area contributed by atoms with Crippen molar-refractivity contribution in [3.8, 4) is 5.69 Å². The van der Waals surface area contributed by atoms with E-state index in [9.17, 15) is 14.0 Å². The maximum atomic E-state index is 14.2. The Morgan fingerprint density at radius 1 is 1.25 bits per heavy atom. The van der Waals surface area contributed by atoms with Gasteiger partial charge in [-0.15, -0.1) is 0 Å². The average molecular weight is 388 g/mol. The molecule has 0 atom stereocenters. The molecule has 2 aromatic rings. The van der Waals surface area contributed by atoms with Crippen LogP contribution in [0.5, 0.6) is 0 Å². The third-order valence-corrected chi connectivity index (χ3v) is 4.82. The van der Waals surface area contributed by atoms with E-state index in [1.165, 1.54) is 23.6 Å². The van der Waals surface area contributed by atoms with Crippen molar-refractivity contribution in [1.82, 2.24) is 9.78 Å². The summed E-state index contributed by atoms with van der Waals surface area (Å²) >= 11 is 0. The van der Waals surface area contributed by atoms with Crippen LogP contribution >= 0.6 is 0 Å². The molecule has 0 saturated carbocycles. The Morgan fingerprint density at radius 3 is 2.36 bits per heavy atom. The number of Topliss-reactive ketones (excluding diaryl/α,β-unsaturated/α-hetero) is 1. The second-order valence-electron chi connectivity index (χ2n) is 8.02. The minimum absolute atomic E-state index is 0.0344. The number of ketones is 1. The van der Waals surface area contributed by atoms with Gasteiger partial charge in [-0.25, -0.2) is 9.07 Å². The van der Waals surface area contributed by atoms with Crippen molar-refractivity contribution in [2.24, 2.45) is 11.1 Å². The van der Waals surface area contributed by atoms with Crippen molar-refractivity contribution >= 4 is 17.4 Å². The molecule has 0 radical (unpaired) electrons. The molecule has 0 aliphatic heterocycles. The second-order valence-corrected chi connectivity index (χ2v) is 8.02. The van der Waals surface area contributed by atoms with Gasteiger partial charge < -0.3 is 11.5 Å². The number of fused-ring (bicyclic) bond motifs is 1. The Bertz CT molecular complexity index is 890. The first-order valence-corrected chi connectivity index (χ1v) is 9.53. The zero-order valence-corrected chi connectivity index (χ0v) is 17.2. The largest absolute Gasteiger partial charge is 0.398 e. The van der Waals surface area contributed by atoms with Gasteiger partial charge in [0, 0.05) is 18.2 Å². The first kappa shape index (κ1) is 21.6. The SMILES string of the molecule is CCCC.Cc1nn(-c2cc(N)c(C(N)=O)c(F)c2)c2c1C(=O)CC(C)(C)C2. The molecule has 0 saturated heterocycles. The maximum Gasteiger partial charge on any atom is 0.253 e. The fourth-order valence-corrected chi connectivity index (χ4v) is 3.35. The monoisotopic (exact) mass is 388 g/mol. The van der Waals surface area contributed by atoms with Gasteiger partial charge >= 0.3 is 0 Å². The summed E-state index contributed by atoms with van der Waals surface area (Å²) in [5.74, 6) is -1.69. The quantitative estimate of drug-likeness (QED) is 0.777. The number of hydrogen-bond donors (Lipinski definition) is 2. The minimum atomic E-state index is -0.925. The molecule has 1 aromatic heterocycles. The van der Waals surface area contributed by atoms with E-state index in [1.54, 1.807) is 6.92 Å². The summed E-state index contributed by atoms with van der Waals surface area (Å²) in [7, 11) is 0. The van der Waals surface area contributed by atoms with Gasteiger partial charge in [0.05, 0.1) is 28.2 Å². The van der Waals surface area contributed by atoms with Crippen molar-refractivity contribution in [2.45, 2.75) is 60.3 Å². The third-order valence-electron chi connectivity index (χ3n) is 4.82. The van der Waals surface area contributed by atoms with Gasteiger partial charge in [0.2, 0.25) is 0 Å². The van der Waals surface area contributed by atoms with Crippen molar-refractivity contribution in [3.63, 3.8) is 0 Å². The molecule has 28 heavy (non-hydrogen) atoms. The number of primary amides is 1.